The van der Waals surface area contributed by atoms with Crippen LogP contribution < -0.4 is 4.90 Å². The molecule has 0 amide bonds. The maximum Gasteiger partial charge on any atom is 0.0646 e. The van der Waals surface area contributed by atoms with E-state index in [0.29, 0.717) is 0 Å². The number of anilines is 1. The number of thiophene rings is 1. The average Bonchev–Trinajstić information content (AvgIpc) is 2.83. The lowest BCUT2D eigenvalue weighted by atomic mass is 10.2. The van der Waals surface area contributed by atoms with Gasteiger partial charge in [-0.1, -0.05) is 0 Å². The van der Waals surface area contributed by atoms with E-state index in [1.165, 1.54) is 16.9 Å². The Kier molecular flexibility index (Phi) is 3.01. The molecule has 0 aliphatic heterocycles. The fourth-order valence-corrected chi connectivity index (χ4v) is 2.54. The van der Waals surface area contributed by atoms with Gasteiger partial charge in [0.1, 0.15) is 0 Å². The lowest BCUT2D eigenvalue weighted by Crippen LogP contribution is -2.16. The first-order valence-corrected chi connectivity index (χ1v) is 6.26. The van der Waals surface area contributed by atoms with Gasteiger partial charge in [-0.15, -0.1) is 0 Å². The van der Waals surface area contributed by atoms with Crippen LogP contribution >= 0.6 is 11.3 Å². The molecule has 0 fully saturated rings. The Balaban J connectivity index is 2.21. The third kappa shape index (κ3) is 1.97. The Hall–Kier alpha value is -1.29. The normalized spacial score (nSPS) is 10.8. The van der Waals surface area contributed by atoms with Gasteiger partial charge in [0.25, 0.3) is 0 Å². The smallest absolute Gasteiger partial charge is 0.0646 e. The third-order valence-corrected chi connectivity index (χ3v) is 3.67. The van der Waals surface area contributed by atoms with Crippen LogP contribution in [0.25, 0.3) is 0 Å². The van der Waals surface area contributed by atoms with E-state index in [9.17, 15) is 0 Å². The predicted octanol–water partition coefficient (Wildman–Crippen LogP) is 2.73. The van der Waals surface area contributed by atoms with Crippen molar-refractivity contribution in [1.82, 2.24) is 9.78 Å². The Morgan fingerprint density at radius 1 is 1.44 bits per heavy atom. The molecule has 0 aromatic carbocycles. The Labute approximate surface area is 100 Å². The Morgan fingerprint density at radius 3 is 2.69 bits per heavy atom. The zero-order valence-corrected chi connectivity index (χ0v) is 11.0. The largest absolute Gasteiger partial charge is 0.369 e. The topological polar surface area (TPSA) is 21.1 Å². The first-order valence-electron chi connectivity index (χ1n) is 5.32. The van der Waals surface area contributed by atoms with E-state index in [-0.39, 0.29) is 0 Å². The van der Waals surface area contributed by atoms with Gasteiger partial charge in [0, 0.05) is 43.0 Å². The van der Waals surface area contributed by atoms with Crippen LogP contribution in [0.1, 0.15) is 17.0 Å². The maximum absolute atomic E-state index is 4.44. The molecule has 0 unspecified atom stereocenters. The molecule has 2 aromatic rings. The SMILES string of the molecule is Cc1nn(C)c(C)c1CN(C)c1ccsc1. The third-order valence-electron chi connectivity index (χ3n) is 3.00. The van der Waals surface area contributed by atoms with Crippen molar-refractivity contribution in [1.29, 1.82) is 0 Å². The van der Waals surface area contributed by atoms with Crippen molar-refractivity contribution in [3.05, 3.63) is 33.8 Å². The second-order valence-corrected chi connectivity index (χ2v) is 4.89. The van der Waals surface area contributed by atoms with Gasteiger partial charge in [-0.2, -0.15) is 16.4 Å². The van der Waals surface area contributed by atoms with Crippen LogP contribution in [-0.4, -0.2) is 16.8 Å². The molecule has 0 aliphatic carbocycles. The molecule has 0 atom stereocenters. The van der Waals surface area contributed by atoms with Crippen LogP contribution in [0.5, 0.6) is 0 Å². The van der Waals surface area contributed by atoms with Gasteiger partial charge in [0.05, 0.1) is 5.69 Å². The highest BCUT2D eigenvalue weighted by Gasteiger charge is 2.11. The molecule has 3 nitrogen and oxygen atoms in total. The number of rotatable bonds is 3. The van der Waals surface area contributed by atoms with E-state index in [1.54, 1.807) is 11.3 Å². The quantitative estimate of drug-likeness (QED) is 0.815. The minimum Gasteiger partial charge on any atom is -0.369 e. The van der Waals surface area contributed by atoms with Gasteiger partial charge in [-0.3, -0.25) is 4.68 Å². The lowest BCUT2D eigenvalue weighted by molar-refractivity contribution is 0.729. The Bertz CT molecular complexity index is 471. The summed E-state index contributed by atoms with van der Waals surface area (Å²) in [5.41, 5.74) is 4.98. The van der Waals surface area contributed by atoms with Crippen molar-refractivity contribution in [2.75, 3.05) is 11.9 Å². The molecule has 0 radical (unpaired) electrons. The van der Waals surface area contributed by atoms with Gasteiger partial charge in [-0.25, -0.2) is 0 Å². The van der Waals surface area contributed by atoms with Crippen molar-refractivity contribution < 1.29 is 0 Å². The van der Waals surface area contributed by atoms with Gasteiger partial charge < -0.3 is 4.90 Å². The fraction of sp³-hybridized carbons (Fsp3) is 0.417. The van der Waals surface area contributed by atoms with Crippen molar-refractivity contribution >= 4 is 17.0 Å². The van der Waals surface area contributed by atoms with E-state index in [2.05, 4.69) is 47.7 Å². The summed E-state index contributed by atoms with van der Waals surface area (Å²) in [5, 5.41) is 8.71. The lowest BCUT2D eigenvalue weighted by Gasteiger charge is -2.17. The van der Waals surface area contributed by atoms with Crippen LogP contribution in [0.15, 0.2) is 16.8 Å². The zero-order valence-electron chi connectivity index (χ0n) is 10.2. The van der Waals surface area contributed by atoms with E-state index in [4.69, 9.17) is 0 Å². The summed E-state index contributed by atoms with van der Waals surface area (Å²) in [6, 6.07) is 2.14. The maximum atomic E-state index is 4.44. The molecule has 0 aliphatic rings. The molecule has 16 heavy (non-hydrogen) atoms. The molecule has 0 N–H and O–H groups in total. The van der Waals surface area contributed by atoms with Crippen molar-refractivity contribution in [2.45, 2.75) is 20.4 Å². The second-order valence-electron chi connectivity index (χ2n) is 4.11. The summed E-state index contributed by atoms with van der Waals surface area (Å²) in [5.74, 6) is 0. The monoisotopic (exact) mass is 235 g/mol. The highest BCUT2D eigenvalue weighted by molar-refractivity contribution is 7.08. The summed E-state index contributed by atoms with van der Waals surface area (Å²) in [4.78, 5) is 2.26. The minimum atomic E-state index is 0.919. The molecular formula is C12H17N3S. The van der Waals surface area contributed by atoms with Crippen molar-refractivity contribution in [3.8, 4) is 0 Å². The highest BCUT2D eigenvalue weighted by atomic mass is 32.1. The van der Waals surface area contributed by atoms with Crippen LogP contribution in [0.3, 0.4) is 0 Å². The molecule has 2 aromatic heterocycles. The van der Waals surface area contributed by atoms with Crippen molar-refractivity contribution in [3.63, 3.8) is 0 Å². The predicted molar refractivity (Wildman–Crippen MR) is 69.1 cm³/mol. The fourth-order valence-electron chi connectivity index (χ4n) is 1.85. The summed E-state index contributed by atoms with van der Waals surface area (Å²) in [6.45, 7) is 5.11. The van der Waals surface area contributed by atoms with Gasteiger partial charge >= 0.3 is 0 Å². The number of hydrogen-bond donors (Lipinski definition) is 0. The average molecular weight is 235 g/mol. The molecule has 86 valence electrons. The van der Waals surface area contributed by atoms with Gasteiger partial charge in [-0.05, 0) is 25.3 Å². The van der Waals surface area contributed by atoms with Gasteiger partial charge in [0.15, 0.2) is 0 Å². The number of aromatic nitrogens is 2. The van der Waals surface area contributed by atoms with Crippen LogP contribution in [0.4, 0.5) is 5.69 Å². The number of hydrogen-bond acceptors (Lipinski definition) is 3. The molecule has 2 rings (SSSR count). The minimum absolute atomic E-state index is 0.919. The van der Waals surface area contributed by atoms with Crippen LogP contribution in [0.2, 0.25) is 0 Å². The second kappa shape index (κ2) is 4.29. The molecule has 0 saturated heterocycles. The summed E-state index contributed by atoms with van der Waals surface area (Å²) in [7, 11) is 4.12. The summed E-state index contributed by atoms with van der Waals surface area (Å²) in [6.07, 6.45) is 0. The van der Waals surface area contributed by atoms with E-state index < -0.39 is 0 Å². The van der Waals surface area contributed by atoms with Gasteiger partial charge in [0.2, 0.25) is 0 Å². The first kappa shape index (κ1) is 11.2. The summed E-state index contributed by atoms with van der Waals surface area (Å²) >= 11 is 1.73. The van der Waals surface area contributed by atoms with E-state index in [1.807, 2.05) is 11.7 Å². The van der Waals surface area contributed by atoms with Crippen molar-refractivity contribution in [2.24, 2.45) is 7.05 Å². The summed E-state index contributed by atoms with van der Waals surface area (Å²) < 4.78 is 1.95. The van der Waals surface area contributed by atoms with E-state index >= 15 is 0 Å². The van der Waals surface area contributed by atoms with Crippen LogP contribution in [0, 0.1) is 13.8 Å². The highest BCUT2D eigenvalue weighted by Crippen LogP contribution is 2.21. The Morgan fingerprint density at radius 2 is 2.19 bits per heavy atom. The molecule has 0 saturated carbocycles. The molecule has 4 heteroatoms. The molecule has 0 bridgehead atoms. The first-order chi connectivity index (χ1) is 7.59. The van der Waals surface area contributed by atoms with E-state index in [0.717, 1.165) is 12.2 Å². The van der Waals surface area contributed by atoms with Crippen LogP contribution in [-0.2, 0) is 13.6 Å². The zero-order chi connectivity index (χ0) is 11.7. The number of nitrogens with zero attached hydrogens (tertiary/aromatic N) is 3. The standard InChI is InChI=1S/C12H17N3S/c1-9-12(10(2)15(4)13-9)7-14(3)11-5-6-16-8-11/h5-6,8H,7H2,1-4H3. The number of aryl methyl sites for hydroxylation is 2. The molecular weight excluding hydrogens is 218 g/mol. The molecule has 0 spiro atoms. The molecule has 2 heterocycles.